The largest absolute Gasteiger partial charge is 0.350 e. The van der Waals surface area contributed by atoms with Gasteiger partial charge in [-0.2, -0.15) is 0 Å². The minimum absolute atomic E-state index is 0.120. The van der Waals surface area contributed by atoms with E-state index in [9.17, 15) is 9.59 Å². The molecule has 0 fully saturated rings. The van der Waals surface area contributed by atoms with E-state index in [1.807, 2.05) is 91.9 Å². The van der Waals surface area contributed by atoms with Gasteiger partial charge in [0.05, 0.1) is 0 Å². The van der Waals surface area contributed by atoms with E-state index in [4.69, 9.17) is 0 Å². The van der Waals surface area contributed by atoms with E-state index in [0.717, 1.165) is 16.7 Å². The highest BCUT2D eigenvalue weighted by molar-refractivity contribution is 5.87. The first kappa shape index (κ1) is 21.3. The number of carbonyl (C=O) groups excluding carboxylic acids is 2. The van der Waals surface area contributed by atoms with Crippen molar-refractivity contribution in [2.24, 2.45) is 0 Å². The second-order valence-electron chi connectivity index (χ2n) is 7.54. The molecule has 0 saturated heterocycles. The summed E-state index contributed by atoms with van der Waals surface area (Å²) in [6, 6.07) is 27.1. The van der Waals surface area contributed by atoms with Gasteiger partial charge in [-0.05, 0) is 23.6 Å². The molecule has 0 spiro atoms. The van der Waals surface area contributed by atoms with Crippen LogP contribution in [0, 0.1) is 6.92 Å². The highest BCUT2D eigenvalue weighted by atomic mass is 16.2. The van der Waals surface area contributed by atoms with Crippen LogP contribution in [0.2, 0.25) is 0 Å². The molecule has 4 heteroatoms. The molecule has 0 bridgehead atoms. The lowest BCUT2D eigenvalue weighted by Gasteiger charge is -2.30. The third-order valence-electron chi connectivity index (χ3n) is 5.14. The summed E-state index contributed by atoms with van der Waals surface area (Å²) in [7, 11) is 0. The van der Waals surface area contributed by atoms with Gasteiger partial charge in [0.15, 0.2) is 0 Å². The molecule has 30 heavy (non-hydrogen) atoms. The maximum atomic E-state index is 13.2. The van der Waals surface area contributed by atoms with Crippen LogP contribution in [0.15, 0.2) is 84.9 Å². The number of carbonyl (C=O) groups is 2. The fraction of sp³-hybridized carbons (Fsp3) is 0.231. The zero-order valence-electron chi connectivity index (χ0n) is 17.5. The van der Waals surface area contributed by atoms with E-state index < -0.39 is 6.04 Å². The van der Waals surface area contributed by atoms with Gasteiger partial charge < -0.3 is 10.2 Å². The molecule has 0 heterocycles. The van der Waals surface area contributed by atoms with Crippen LogP contribution >= 0.6 is 0 Å². The van der Waals surface area contributed by atoms with E-state index in [1.54, 1.807) is 4.90 Å². The SMILES string of the molecule is CC(=O)N(Cc1ccccc1)[C@H](Cc1ccccc1)C(=O)NCc1ccc(C)cc1. The van der Waals surface area contributed by atoms with Crippen molar-refractivity contribution in [2.45, 2.75) is 39.4 Å². The Hall–Kier alpha value is -3.40. The molecule has 0 saturated carbocycles. The molecule has 1 atom stereocenters. The predicted octanol–water partition coefficient (Wildman–Crippen LogP) is 4.27. The van der Waals surface area contributed by atoms with E-state index >= 15 is 0 Å². The summed E-state index contributed by atoms with van der Waals surface area (Å²) in [4.78, 5) is 27.4. The Balaban J connectivity index is 1.80. The Bertz CT molecular complexity index is 953. The number of hydrogen-bond donors (Lipinski definition) is 1. The lowest BCUT2D eigenvalue weighted by Crippen LogP contribution is -2.49. The van der Waals surface area contributed by atoms with Crippen LogP contribution in [-0.2, 0) is 29.1 Å². The third-order valence-corrected chi connectivity index (χ3v) is 5.14. The van der Waals surface area contributed by atoms with Gasteiger partial charge in [0, 0.05) is 26.4 Å². The van der Waals surface area contributed by atoms with Crippen LogP contribution in [0.4, 0.5) is 0 Å². The molecule has 3 aromatic rings. The topological polar surface area (TPSA) is 49.4 Å². The Morgan fingerprint density at radius 3 is 1.93 bits per heavy atom. The molecule has 2 amide bonds. The van der Waals surface area contributed by atoms with Gasteiger partial charge in [-0.3, -0.25) is 9.59 Å². The second-order valence-corrected chi connectivity index (χ2v) is 7.54. The summed E-state index contributed by atoms with van der Waals surface area (Å²) >= 11 is 0. The second kappa shape index (κ2) is 10.4. The van der Waals surface area contributed by atoms with Gasteiger partial charge in [-0.15, -0.1) is 0 Å². The standard InChI is InChI=1S/C26H28N2O2/c1-20-13-15-23(16-14-20)18-27-26(30)25(17-22-9-5-3-6-10-22)28(21(2)29)19-24-11-7-4-8-12-24/h3-16,25H,17-19H2,1-2H3,(H,27,30)/t25-/m1/s1. The smallest absolute Gasteiger partial charge is 0.243 e. The summed E-state index contributed by atoms with van der Waals surface area (Å²) in [5.41, 5.74) is 4.23. The molecule has 4 nitrogen and oxygen atoms in total. The van der Waals surface area contributed by atoms with Gasteiger partial charge in [0.1, 0.15) is 6.04 Å². The molecular weight excluding hydrogens is 372 g/mol. The van der Waals surface area contributed by atoms with Crippen LogP contribution in [0.5, 0.6) is 0 Å². The molecule has 0 aliphatic heterocycles. The van der Waals surface area contributed by atoms with Crippen LogP contribution < -0.4 is 5.32 Å². The molecule has 1 N–H and O–H groups in total. The normalized spacial score (nSPS) is 11.5. The lowest BCUT2D eigenvalue weighted by molar-refractivity contribution is -0.139. The first-order valence-electron chi connectivity index (χ1n) is 10.2. The van der Waals surface area contributed by atoms with Gasteiger partial charge in [0.2, 0.25) is 11.8 Å². The minimum Gasteiger partial charge on any atom is -0.350 e. The van der Waals surface area contributed by atoms with Crippen molar-refractivity contribution in [3.8, 4) is 0 Å². The van der Waals surface area contributed by atoms with E-state index in [2.05, 4.69) is 5.32 Å². The average molecular weight is 401 g/mol. The average Bonchev–Trinajstić information content (AvgIpc) is 2.77. The quantitative estimate of drug-likeness (QED) is 0.614. The lowest BCUT2D eigenvalue weighted by atomic mass is 10.0. The summed E-state index contributed by atoms with van der Waals surface area (Å²) in [6.07, 6.45) is 0.465. The number of benzene rings is 3. The summed E-state index contributed by atoms with van der Waals surface area (Å²) in [5.74, 6) is -0.268. The summed E-state index contributed by atoms with van der Waals surface area (Å²) in [5, 5.41) is 3.03. The summed E-state index contributed by atoms with van der Waals surface area (Å²) < 4.78 is 0. The van der Waals surface area contributed by atoms with Gasteiger partial charge in [0.25, 0.3) is 0 Å². The molecule has 154 valence electrons. The van der Waals surface area contributed by atoms with Gasteiger partial charge in [-0.1, -0.05) is 90.5 Å². The molecule has 3 rings (SSSR count). The van der Waals surface area contributed by atoms with E-state index in [-0.39, 0.29) is 11.8 Å². The van der Waals surface area contributed by atoms with Gasteiger partial charge >= 0.3 is 0 Å². The Morgan fingerprint density at radius 1 is 0.800 bits per heavy atom. The van der Waals surface area contributed by atoms with Crippen LogP contribution in [0.3, 0.4) is 0 Å². The molecule has 3 aromatic carbocycles. The first-order valence-corrected chi connectivity index (χ1v) is 10.2. The number of rotatable bonds is 8. The molecule has 0 aliphatic carbocycles. The van der Waals surface area contributed by atoms with E-state index in [1.165, 1.54) is 12.5 Å². The van der Waals surface area contributed by atoms with E-state index in [0.29, 0.717) is 19.5 Å². The van der Waals surface area contributed by atoms with Crippen molar-refractivity contribution in [1.29, 1.82) is 0 Å². The first-order chi connectivity index (χ1) is 14.5. The molecule has 0 aliphatic rings. The number of amides is 2. The van der Waals surface area contributed by atoms with Crippen molar-refractivity contribution < 1.29 is 9.59 Å². The predicted molar refractivity (Wildman–Crippen MR) is 120 cm³/mol. The van der Waals surface area contributed by atoms with Crippen molar-refractivity contribution in [2.75, 3.05) is 0 Å². The zero-order chi connectivity index (χ0) is 21.3. The van der Waals surface area contributed by atoms with Crippen molar-refractivity contribution in [3.63, 3.8) is 0 Å². The molecule has 0 aromatic heterocycles. The highest BCUT2D eigenvalue weighted by Crippen LogP contribution is 2.15. The van der Waals surface area contributed by atoms with Crippen LogP contribution in [0.25, 0.3) is 0 Å². The van der Waals surface area contributed by atoms with Crippen LogP contribution in [-0.4, -0.2) is 22.8 Å². The summed E-state index contributed by atoms with van der Waals surface area (Å²) in [6.45, 7) is 4.38. The maximum absolute atomic E-state index is 13.2. The number of nitrogens with one attached hydrogen (secondary N) is 1. The Kier molecular flexibility index (Phi) is 7.39. The zero-order valence-corrected chi connectivity index (χ0v) is 17.5. The fourth-order valence-electron chi connectivity index (χ4n) is 3.42. The van der Waals surface area contributed by atoms with Crippen molar-refractivity contribution in [1.82, 2.24) is 10.2 Å². The molecule has 0 radical (unpaired) electrons. The van der Waals surface area contributed by atoms with Gasteiger partial charge in [-0.25, -0.2) is 0 Å². The third kappa shape index (κ3) is 6.05. The van der Waals surface area contributed by atoms with Crippen LogP contribution in [0.1, 0.15) is 29.2 Å². The highest BCUT2D eigenvalue weighted by Gasteiger charge is 2.28. The molecule has 0 unspecified atom stereocenters. The molecular formula is C26H28N2O2. The maximum Gasteiger partial charge on any atom is 0.243 e. The number of hydrogen-bond acceptors (Lipinski definition) is 2. The van der Waals surface area contributed by atoms with Crippen molar-refractivity contribution >= 4 is 11.8 Å². The Morgan fingerprint density at radius 2 is 1.37 bits per heavy atom. The fourth-order valence-corrected chi connectivity index (χ4v) is 3.42. The van der Waals surface area contributed by atoms with Crippen molar-refractivity contribution in [3.05, 3.63) is 107 Å². The Labute approximate surface area is 178 Å². The monoisotopic (exact) mass is 400 g/mol. The number of nitrogens with zero attached hydrogens (tertiary/aromatic N) is 1. The minimum atomic E-state index is -0.587. The number of aryl methyl sites for hydroxylation is 1.